The van der Waals surface area contributed by atoms with Crippen molar-refractivity contribution in [3.8, 4) is 0 Å². The number of nitrogens with one attached hydrogen (secondary N) is 2. The van der Waals surface area contributed by atoms with E-state index in [1.807, 2.05) is 19.1 Å². The Balaban J connectivity index is 1.68. The van der Waals surface area contributed by atoms with Crippen molar-refractivity contribution in [2.24, 2.45) is 0 Å². The summed E-state index contributed by atoms with van der Waals surface area (Å²) in [6, 6.07) is 11.8. The van der Waals surface area contributed by atoms with Crippen LogP contribution in [0.3, 0.4) is 0 Å². The van der Waals surface area contributed by atoms with Crippen LogP contribution in [0.4, 0.5) is 15.8 Å². The van der Waals surface area contributed by atoms with Gasteiger partial charge in [0.05, 0.1) is 5.69 Å². The minimum absolute atomic E-state index is 0.0240. The smallest absolute Gasteiger partial charge is 0.243 e. The maximum absolute atomic E-state index is 14.6. The van der Waals surface area contributed by atoms with Crippen molar-refractivity contribution in [3.63, 3.8) is 0 Å². The average molecular weight is 502 g/mol. The van der Waals surface area contributed by atoms with Crippen LogP contribution >= 0.6 is 0 Å². The van der Waals surface area contributed by atoms with Crippen molar-refractivity contribution >= 4 is 39.9 Å². The summed E-state index contributed by atoms with van der Waals surface area (Å²) in [5, 5.41) is 5.61. The van der Waals surface area contributed by atoms with Gasteiger partial charge in [0.25, 0.3) is 0 Å². The fourth-order valence-corrected chi connectivity index (χ4v) is 5.01. The van der Waals surface area contributed by atoms with E-state index in [0.29, 0.717) is 5.69 Å². The molecule has 1 aliphatic carbocycles. The Kier molecular flexibility index (Phi) is 9.54. The molecule has 1 saturated carbocycles. The van der Waals surface area contributed by atoms with E-state index in [-0.39, 0.29) is 11.7 Å². The summed E-state index contributed by atoms with van der Waals surface area (Å²) in [5.74, 6) is -3.16. The Morgan fingerprint density at radius 1 is 1.03 bits per heavy atom. The van der Waals surface area contributed by atoms with Crippen molar-refractivity contribution in [2.75, 3.05) is 21.7 Å². The first-order chi connectivity index (χ1) is 16.7. The number of halogens is 1. The third-order valence-electron chi connectivity index (χ3n) is 6.01. The lowest BCUT2D eigenvalue weighted by Gasteiger charge is -2.31. The highest BCUT2D eigenvalue weighted by atomic mass is 32.2. The average Bonchev–Trinajstić information content (AvgIpc) is 2.82. The van der Waals surface area contributed by atoms with Crippen LogP contribution in [0, 0.1) is 12.7 Å². The molecule has 0 aliphatic heterocycles. The molecule has 188 valence electrons. The minimum atomic E-state index is -1.85. The predicted octanol–water partition coefficient (Wildman–Crippen LogP) is 3.69. The lowest BCUT2D eigenvalue weighted by Crippen LogP contribution is -2.52. The van der Waals surface area contributed by atoms with Gasteiger partial charge in [-0.25, -0.2) is 4.39 Å². The van der Waals surface area contributed by atoms with E-state index in [0.717, 1.165) is 42.6 Å². The fourth-order valence-electron chi connectivity index (χ4n) is 4.13. The SMILES string of the molecule is Cc1ccc(NC(=O)C[S@@](=O)CC(=O)N(c2ccccc2F)[C@@H](C)C(=O)NC2CCCCC2)cc1. The second-order valence-electron chi connectivity index (χ2n) is 8.88. The van der Waals surface area contributed by atoms with Crippen molar-refractivity contribution in [1.82, 2.24) is 5.32 Å². The number of hydrogen-bond acceptors (Lipinski definition) is 4. The van der Waals surface area contributed by atoms with Gasteiger partial charge in [0.1, 0.15) is 23.4 Å². The van der Waals surface area contributed by atoms with Crippen LogP contribution in [0.25, 0.3) is 0 Å². The third kappa shape index (κ3) is 7.71. The molecule has 1 fully saturated rings. The van der Waals surface area contributed by atoms with Gasteiger partial charge in [0, 0.05) is 22.5 Å². The molecule has 2 N–H and O–H groups in total. The van der Waals surface area contributed by atoms with Gasteiger partial charge in [-0.05, 0) is 51.0 Å². The van der Waals surface area contributed by atoms with E-state index in [2.05, 4.69) is 10.6 Å². The number of anilines is 2. The lowest BCUT2D eigenvalue weighted by atomic mass is 9.95. The molecular weight excluding hydrogens is 469 g/mol. The largest absolute Gasteiger partial charge is 0.352 e. The molecule has 1 aliphatic rings. The number of rotatable bonds is 9. The van der Waals surface area contributed by atoms with Gasteiger partial charge in [-0.15, -0.1) is 0 Å². The predicted molar refractivity (Wildman–Crippen MR) is 136 cm³/mol. The molecule has 0 saturated heterocycles. The van der Waals surface area contributed by atoms with Crippen LogP contribution in [0.2, 0.25) is 0 Å². The number of nitrogens with zero attached hydrogens (tertiary/aromatic N) is 1. The Morgan fingerprint density at radius 2 is 1.69 bits per heavy atom. The Labute approximate surface area is 207 Å². The summed E-state index contributed by atoms with van der Waals surface area (Å²) in [6.07, 6.45) is 4.92. The van der Waals surface area contributed by atoms with Gasteiger partial charge in [-0.3, -0.25) is 23.5 Å². The molecule has 35 heavy (non-hydrogen) atoms. The summed E-state index contributed by atoms with van der Waals surface area (Å²) in [4.78, 5) is 39.5. The molecule has 0 radical (unpaired) electrons. The molecule has 0 unspecified atom stereocenters. The number of para-hydroxylation sites is 1. The molecule has 7 nitrogen and oxygen atoms in total. The Bertz CT molecular complexity index is 1070. The highest BCUT2D eigenvalue weighted by molar-refractivity contribution is 7.86. The normalized spacial score (nSPS) is 15.6. The van der Waals surface area contributed by atoms with Crippen molar-refractivity contribution < 1.29 is 23.0 Å². The van der Waals surface area contributed by atoms with E-state index in [9.17, 15) is 23.0 Å². The van der Waals surface area contributed by atoms with Gasteiger partial charge in [-0.1, -0.05) is 49.1 Å². The lowest BCUT2D eigenvalue weighted by molar-refractivity contribution is -0.126. The molecule has 0 aromatic heterocycles. The van der Waals surface area contributed by atoms with Crippen LogP contribution in [0.15, 0.2) is 48.5 Å². The molecule has 0 spiro atoms. The first kappa shape index (κ1) is 26.5. The van der Waals surface area contributed by atoms with E-state index < -0.39 is 51.9 Å². The van der Waals surface area contributed by atoms with Crippen LogP contribution in [-0.4, -0.2) is 45.5 Å². The van der Waals surface area contributed by atoms with E-state index in [1.165, 1.54) is 25.1 Å². The quantitative estimate of drug-likeness (QED) is 0.548. The molecule has 3 amide bonds. The zero-order valence-corrected chi connectivity index (χ0v) is 20.9. The van der Waals surface area contributed by atoms with Gasteiger partial charge in [0.2, 0.25) is 17.7 Å². The summed E-state index contributed by atoms with van der Waals surface area (Å²) in [5.41, 5.74) is 1.53. The molecule has 2 atom stereocenters. The molecule has 3 rings (SSSR count). The van der Waals surface area contributed by atoms with Crippen LogP contribution in [0.1, 0.15) is 44.6 Å². The van der Waals surface area contributed by atoms with Crippen LogP contribution in [0.5, 0.6) is 0 Å². The monoisotopic (exact) mass is 501 g/mol. The molecule has 0 heterocycles. The second kappa shape index (κ2) is 12.6. The first-order valence-electron chi connectivity index (χ1n) is 11.8. The highest BCUT2D eigenvalue weighted by Crippen LogP contribution is 2.23. The summed E-state index contributed by atoms with van der Waals surface area (Å²) < 4.78 is 27.3. The first-order valence-corrected chi connectivity index (χ1v) is 13.3. The second-order valence-corrected chi connectivity index (χ2v) is 10.3. The molecule has 9 heteroatoms. The number of hydrogen-bond donors (Lipinski definition) is 2. The van der Waals surface area contributed by atoms with Gasteiger partial charge < -0.3 is 10.6 Å². The van der Waals surface area contributed by atoms with Gasteiger partial charge in [-0.2, -0.15) is 0 Å². The van der Waals surface area contributed by atoms with E-state index >= 15 is 0 Å². The summed E-state index contributed by atoms with van der Waals surface area (Å²) >= 11 is 0. The number of amides is 3. The third-order valence-corrected chi connectivity index (χ3v) is 7.16. The van der Waals surface area contributed by atoms with E-state index in [4.69, 9.17) is 0 Å². The van der Waals surface area contributed by atoms with Crippen molar-refractivity contribution in [1.29, 1.82) is 0 Å². The molecular formula is C26H32FN3O4S. The standard InChI is InChI=1S/C26H32FN3O4S/c1-18-12-14-21(15-13-18)28-24(31)16-35(34)17-25(32)30(23-11-7-6-10-22(23)27)19(2)26(33)29-20-8-4-3-5-9-20/h6-7,10-15,19-20H,3-5,8-9,16-17H2,1-2H3,(H,28,31)(H,29,33)/t19-,35+/m0/s1. The maximum Gasteiger partial charge on any atom is 0.243 e. The van der Waals surface area contributed by atoms with Crippen molar-refractivity contribution in [2.45, 2.75) is 58.0 Å². The zero-order chi connectivity index (χ0) is 25.4. The number of carbonyl (C=O) groups excluding carboxylic acids is 3. The minimum Gasteiger partial charge on any atom is -0.352 e. The summed E-state index contributed by atoms with van der Waals surface area (Å²) in [7, 11) is -1.85. The van der Waals surface area contributed by atoms with Crippen LogP contribution < -0.4 is 15.5 Å². The van der Waals surface area contributed by atoms with Gasteiger partial charge in [0.15, 0.2) is 0 Å². The summed E-state index contributed by atoms with van der Waals surface area (Å²) in [6.45, 7) is 3.44. The molecule has 2 aromatic carbocycles. The van der Waals surface area contributed by atoms with E-state index in [1.54, 1.807) is 18.2 Å². The zero-order valence-electron chi connectivity index (χ0n) is 20.1. The molecule has 2 aromatic rings. The van der Waals surface area contributed by atoms with Crippen LogP contribution in [-0.2, 0) is 25.2 Å². The molecule has 0 bridgehead atoms. The van der Waals surface area contributed by atoms with Gasteiger partial charge >= 0.3 is 0 Å². The number of carbonyl (C=O) groups is 3. The topological polar surface area (TPSA) is 95.6 Å². The Hall–Kier alpha value is -3.07. The van der Waals surface area contributed by atoms with Crippen molar-refractivity contribution in [3.05, 3.63) is 59.9 Å². The fraction of sp³-hybridized carbons (Fsp3) is 0.423. The highest BCUT2D eigenvalue weighted by Gasteiger charge is 2.31. The number of benzene rings is 2. The Morgan fingerprint density at radius 3 is 2.34 bits per heavy atom. The number of aryl methyl sites for hydroxylation is 1. The maximum atomic E-state index is 14.6.